The lowest BCUT2D eigenvalue weighted by Crippen LogP contribution is -2.03. The molecule has 2 aromatic carbocycles. The van der Waals surface area contributed by atoms with Gasteiger partial charge in [0.1, 0.15) is 11.5 Å². The number of aromatic hydroxyl groups is 2. The maximum absolute atomic E-state index is 11.1. The molecule has 2 N–H and O–H groups in total. The quantitative estimate of drug-likeness (QED) is 0.845. The minimum Gasteiger partial charge on any atom is -0.508 e. The number of phenols is 2. The van der Waals surface area contributed by atoms with Crippen molar-refractivity contribution < 1.29 is 29.3 Å². The van der Waals surface area contributed by atoms with Gasteiger partial charge in [-0.2, -0.15) is 0 Å². The van der Waals surface area contributed by atoms with Crippen molar-refractivity contribution in [2.75, 3.05) is 13.7 Å². The molecule has 0 aromatic heterocycles. The van der Waals surface area contributed by atoms with E-state index in [-0.39, 0.29) is 17.5 Å². The van der Waals surface area contributed by atoms with E-state index in [1.54, 1.807) is 6.92 Å². The van der Waals surface area contributed by atoms with Gasteiger partial charge in [-0.15, -0.1) is 0 Å². The van der Waals surface area contributed by atoms with E-state index in [0.717, 1.165) is 0 Å². The Morgan fingerprint density at radius 2 is 1.22 bits per heavy atom. The highest BCUT2D eigenvalue weighted by atomic mass is 16.5. The fraction of sp³-hybridized carbons (Fsp3) is 0.176. The van der Waals surface area contributed by atoms with Crippen LogP contribution in [0.25, 0.3) is 0 Å². The Balaban J connectivity index is 0.000000231. The van der Waals surface area contributed by atoms with Crippen molar-refractivity contribution in [3.63, 3.8) is 0 Å². The van der Waals surface area contributed by atoms with E-state index in [0.29, 0.717) is 17.7 Å². The van der Waals surface area contributed by atoms with Crippen LogP contribution < -0.4 is 0 Å². The molecule has 0 saturated carbocycles. The van der Waals surface area contributed by atoms with Crippen LogP contribution in [-0.2, 0) is 9.47 Å². The molecule has 0 atom stereocenters. The number of phenolic OH excluding ortho intramolecular Hbond substituents is 2. The molecule has 0 radical (unpaired) electrons. The Labute approximate surface area is 133 Å². The summed E-state index contributed by atoms with van der Waals surface area (Å²) in [4.78, 5) is 21.9. The normalized spacial score (nSPS) is 9.30. The first kappa shape index (κ1) is 18.0. The molecule has 0 bridgehead atoms. The van der Waals surface area contributed by atoms with Crippen LogP contribution in [0.4, 0.5) is 0 Å². The first-order valence-corrected chi connectivity index (χ1v) is 6.81. The standard InChI is InChI=1S/C9H10O3.C8H8O3/c1-2-12-9(11)7-3-5-8(10)6-4-7;1-11-8(10)6-2-4-7(9)5-3-6/h3-6,10H,2H2,1H3;2-5,9H,1H3. The number of hydrogen-bond acceptors (Lipinski definition) is 6. The molecule has 0 aliphatic rings. The Hall–Kier alpha value is -3.02. The van der Waals surface area contributed by atoms with Crippen LogP contribution >= 0.6 is 0 Å². The monoisotopic (exact) mass is 318 g/mol. The van der Waals surface area contributed by atoms with Gasteiger partial charge in [0.05, 0.1) is 24.8 Å². The maximum atomic E-state index is 11.1. The summed E-state index contributed by atoms with van der Waals surface area (Å²) in [6.45, 7) is 2.11. The third kappa shape index (κ3) is 6.09. The van der Waals surface area contributed by atoms with Crippen LogP contribution in [0.1, 0.15) is 27.6 Å². The van der Waals surface area contributed by atoms with Gasteiger partial charge in [0.15, 0.2) is 0 Å². The summed E-state index contributed by atoms with van der Waals surface area (Å²) in [5.41, 5.74) is 0.889. The van der Waals surface area contributed by atoms with E-state index in [1.165, 1.54) is 55.6 Å². The second-order valence-electron chi connectivity index (χ2n) is 4.31. The Morgan fingerprint density at radius 3 is 1.57 bits per heavy atom. The lowest BCUT2D eigenvalue weighted by Gasteiger charge is -2.00. The number of hydrogen-bond donors (Lipinski definition) is 2. The van der Waals surface area contributed by atoms with Gasteiger partial charge in [-0.1, -0.05) is 0 Å². The highest BCUT2D eigenvalue weighted by Gasteiger charge is 2.04. The van der Waals surface area contributed by atoms with Crippen molar-refractivity contribution in [1.29, 1.82) is 0 Å². The van der Waals surface area contributed by atoms with Crippen LogP contribution in [0.5, 0.6) is 11.5 Å². The first-order valence-electron chi connectivity index (χ1n) is 6.81. The molecule has 0 spiro atoms. The number of ether oxygens (including phenoxy) is 2. The SMILES string of the molecule is CCOC(=O)c1ccc(O)cc1.COC(=O)c1ccc(O)cc1. The molecule has 0 saturated heterocycles. The number of rotatable bonds is 3. The number of carbonyl (C=O) groups is 2. The average Bonchev–Trinajstić information content (AvgIpc) is 2.56. The minimum absolute atomic E-state index is 0.137. The Morgan fingerprint density at radius 1 is 0.826 bits per heavy atom. The van der Waals surface area contributed by atoms with Gasteiger partial charge in [0.25, 0.3) is 0 Å². The predicted molar refractivity (Wildman–Crippen MR) is 83.5 cm³/mol. The van der Waals surface area contributed by atoms with E-state index in [4.69, 9.17) is 14.9 Å². The summed E-state index contributed by atoms with van der Waals surface area (Å²) < 4.78 is 9.20. The van der Waals surface area contributed by atoms with E-state index in [1.807, 2.05) is 0 Å². The molecule has 122 valence electrons. The Kier molecular flexibility index (Phi) is 7.13. The number of methoxy groups -OCH3 is 1. The molecular weight excluding hydrogens is 300 g/mol. The van der Waals surface area contributed by atoms with E-state index >= 15 is 0 Å². The molecule has 6 heteroatoms. The van der Waals surface area contributed by atoms with Crippen LogP contribution in [-0.4, -0.2) is 35.9 Å². The zero-order chi connectivity index (χ0) is 17.2. The molecule has 0 aliphatic carbocycles. The third-order valence-corrected chi connectivity index (χ3v) is 2.67. The van der Waals surface area contributed by atoms with Crippen LogP contribution in [0, 0.1) is 0 Å². The molecule has 0 aliphatic heterocycles. The lowest BCUT2D eigenvalue weighted by molar-refractivity contribution is 0.0525. The topological polar surface area (TPSA) is 93.1 Å². The second kappa shape index (κ2) is 9.09. The molecule has 0 unspecified atom stereocenters. The van der Waals surface area contributed by atoms with Crippen molar-refractivity contribution in [2.24, 2.45) is 0 Å². The number of esters is 2. The van der Waals surface area contributed by atoms with Gasteiger partial charge in [0.2, 0.25) is 0 Å². The molecule has 23 heavy (non-hydrogen) atoms. The van der Waals surface area contributed by atoms with Gasteiger partial charge >= 0.3 is 11.9 Å². The molecule has 0 heterocycles. The second-order valence-corrected chi connectivity index (χ2v) is 4.31. The van der Waals surface area contributed by atoms with Crippen molar-refractivity contribution in [3.05, 3.63) is 59.7 Å². The van der Waals surface area contributed by atoms with Crippen molar-refractivity contribution >= 4 is 11.9 Å². The summed E-state index contributed by atoms with van der Waals surface area (Å²) in [5.74, 6) is -0.483. The van der Waals surface area contributed by atoms with Crippen LogP contribution in [0.2, 0.25) is 0 Å². The average molecular weight is 318 g/mol. The highest BCUT2D eigenvalue weighted by Crippen LogP contribution is 2.10. The van der Waals surface area contributed by atoms with Gasteiger partial charge in [-0.3, -0.25) is 0 Å². The van der Waals surface area contributed by atoms with E-state index in [9.17, 15) is 9.59 Å². The smallest absolute Gasteiger partial charge is 0.338 e. The van der Waals surface area contributed by atoms with E-state index in [2.05, 4.69) is 4.74 Å². The summed E-state index contributed by atoms with van der Waals surface area (Å²) >= 11 is 0. The predicted octanol–water partition coefficient (Wildman–Crippen LogP) is 2.75. The van der Waals surface area contributed by atoms with E-state index < -0.39 is 5.97 Å². The summed E-state index contributed by atoms with van der Waals surface area (Å²) in [6.07, 6.45) is 0. The fourth-order valence-electron chi connectivity index (χ4n) is 1.53. The largest absolute Gasteiger partial charge is 0.508 e. The zero-order valence-corrected chi connectivity index (χ0v) is 12.9. The Bertz CT molecular complexity index is 631. The zero-order valence-electron chi connectivity index (χ0n) is 12.9. The molecule has 2 aromatic rings. The fourth-order valence-corrected chi connectivity index (χ4v) is 1.53. The lowest BCUT2D eigenvalue weighted by atomic mass is 10.2. The van der Waals surface area contributed by atoms with Gasteiger partial charge in [-0.05, 0) is 55.5 Å². The van der Waals surface area contributed by atoms with Crippen molar-refractivity contribution in [1.82, 2.24) is 0 Å². The first-order chi connectivity index (χ1) is 11.0. The summed E-state index contributed by atoms with van der Waals surface area (Å²) in [5, 5.41) is 17.8. The minimum atomic E-state index is -0.398. The van der Waals surface area contributed by atoms with Gasteiger partial charge < -0.3 is 19.7 Å². The molecular formula is C17H18O6. The molecule has 0 amide bonds. The number of carbonyl (C=O) groups excluding carboxylic acids is 2. The van der Waals surface area contributed by atoms with Gasteiger partial charge in [0, 0.05) is 0 Å². The molecule has 2 rings (SSSR count). The van der Waals surface area contributed by atoms with Crippen LogP contribution in [0.15, 0.2) is 48.5 Å². The third-order valence-electron chi connectivity index (χ3n) is 2.67. The summed E-state index contributed by atoms with van der Waals surface area (Å²) in [6, 6.07) is 11.8. The molecule has 0 fully saturated rings. The maximum Gasteiger partial charge on any atom is 0.338 e. The van der Waals surface area contributed by atoms with Crippen molar-refractivity contribution in [2.45, 2.75) is 6.92 Å². The van der Waals surface area contributed by atoms with Gasteiger partial charge in [-0.25, -0.2) is 9.59 Å². The highest BCUT2D eigenvalue weighted by molar-refractivity contribution is 5.89. The number of benzene rings is 2. The molecule has 6 nitrogen and oxygen atoms in total. The van der Waals surface area contributed by atoms with Crippen LogP contribution in [0.3, 0.4) is 0 Å². The van der Waals surface area contributed by atoms with Crippen molar-refractivity contribution in [3.8, 4) is 11.5 Å². The summed E-state index contributed by atoms with van der Waals surface area (Å²) in [7, 11) is 1.31.